The second-order valence-corrected chi connectivity index (χ2v) is 3.83. The van der Waals surface area contributed by atoms with E-state index in [1.165, 1.54) is 6.20 Å². The molecule has 0 radical (unpaired) electrons. The van der Waals surface area contributed by atoms with Gasteiger partial charge in [0.25, 0.3) is 5.91 Å². The molecule has 0 aliphatic carbocycles. The van der Waals surface area contributed by atoms with Crippen LogP contribution in [0, 0.1) is 0 Å². The Labute approximate surface area is 92.8 Å². The van der Waals surface area contributed by atoms with E-state index >= 15 is 0 Å². The van der Waals surface area contributed by atoms with Gasteiger partial charge < -0.3 is 9.64 Å². The fraction of sp³-hybridized carbons (Fsp3) is 0.400. The standard InChI is InChI=1S/C10H11ClN2O2/c1-15-7-5-13(6-7)10(14)8-4-12-3-2-9(8)11/h2-4,7H,5-6H2,1H3. The van der Waals surface area contributed by atoms with Crippen LogP contribution in [0.3, 0.4) is 0 Å². The second kappa shape index (κ2) is 4.16. The van der Waals surface area contributed by atoms with Crippen molar-refractivity contribution in [3.8, 4) is 0 Å². The van der Waals surface area contributed by atoms with Crippen LogP contribution >= 0.6 is 11.6 Å². The lowest BCUT2D eigenvalue weighted by Crippen LogP contribution is -2.54. The largest absolute Gasteiger partial charge is 0.378 e. The van der Waals surface area contributed by atoms with E-state index in [2.05, 4.69) is 4.98 Å². The molecule has 2 heterocycles. The number of carbonyl (C=O) groups excluding carboxylic acids is 1. The third-order valence-corrected chi connectivity index (χ3v) is 2.80. The van der Waals surface area contributed by atoms with Crippen molar-refractivity contribution >= 4 is 17.5 Å². The summed E-state index contributed by atoms with van der Waals surface area (Å²) in [6.45, 7) is 1.25. The number of hydrogen-bond acceptors (Lipinski definition) is 3. The number of likely N-dealkylation sites (tertiary alicyclic amines) is 1. The number of methoxy groups -OCH3 is 1. The topological polar surface area (TPSA) is 42.4 Å². The number of halogens is 1. The normalized spacial score (nSPS) is 16.3. The lowest BCUT2D eigenvalue weighted by Gasteiger charge is -2.38. The van der Waals surface area contributed by atoms with Crippen LogP contribution in [0.15, 0.2) is 18.5 Å². The highest BCUT2D eigenvalue weighted by atomic mass is 35.5. The Morgan fingerprint density at radius 3 is 3.00 bits per heavy atom. The van der Waals surface area contributed by atoms with Crippen LogP contribution in [0.5, 0.6) is 0 Å². The minimum Gasteiger partial charge on any atom is -0.378 e. The summed E-state index contributed by atoms with van der Waals surface area (Å²) in [5.74, 6) is -0.0820. The molecule has 0 bridgehead atoms. The zero-order valence-electron chi connectivity index (χ0n) is 8.31. The smallest absolute Gasteiger partial charge is 0.257 e. The van der Waals surface area contributed by atoms with Crippen LogP contribution in [-0.4, -0.2) is 42.1 Å². The second-order valence-electron chi connectivity index (χ2n) is 3.42. The number of hydrogen-bond donors (Lipinski definition) is 0. The number of aromatic nitrogens is 1. The summed E-state index contributed by atoms with van der Waals surface area (Å²) in [4.78, 5) is 17.4. The van der Waals surface area contributed by atoms with Gasteiger partial charge in [0.1, 0.15) is 0 Å². The summed E-state index contributed by atoms with van der Waals surface area (Å²) >= 11 is 5.90. The summed E-state index contributed by atoms with van der Waals surface area (Å²) in [5.41, 5.74) is 0.453. The van der Waals surface area contributed by atoms with E-state index in [1.54, 1.807) is 24.3 Å². The van der Waals surface area contributed by atoms with Crippen molar-refractivity contribution in [2.75, 3.05) is 20.2 Å². The van der Waals surface area contributed by atoms with E-state index in [0.29, 0.717) is 23.7 Å². The molecule has 15 heavy (non-hydrogen) atoms. The Morgan fingerprint density at radius 1 is 1.67 bits per heavy atom. The number of ether oxygens (including phenoxy) is 1. The molecule has 4 nitrogen and oxygen atoms in total. The van der Waals surface area contributed by atoms with E-state index in [9.17, 15) is 4.79 Å². The van der Waals surface area contributed by atoms with Crippen LogP contribution in [0.4, 0.5) is 0 Å². The molecule has 1 saturated heterocycles. The molecule has 80 valence electrons. The summed E-state index contributed by atoms with van der Waals surface area (Å²) in [5, 5.41) is 0.441. The lowest BCUT2D eigenvalue weighted by molar-refractivity contribution is -0.0192. The highest BCUT2D eigenvalue weighted by Gasteiger charge is 2.31. The van der Waals surface area contributed by atoms with E-state index in [4.69, 9.17) is 16.3 Å². The molecular weight excluding hydrogens is 216 g/mol. The zero-order chi connectivity index (χ0) is 10.8. The van der Waals surface area contributed by atoms with Gasteiger partial charge >= 0.3 is 0 Å². The zero-order valence-corrected chi connectivity index (χ0v) is 9.07. The van der Waals surface area contributed by atoms with E-state index in [-0.39, 0.29) is 12.0 Å². The average molecular weight is 227 g/mol. The first-order chi connectivity index (χ1) is 7.22. The van der Waals surface area contributed by atoms with Gasteiger partial charge in [-0.2, -0.15) is 0 Å². The van der Waals surface area contributed by atoms with E-state index in [0.717, 1.165) is 0 Å². The third-order valence-electron chi connectivity index (χ3n) is 2.47. The average Bonchev–Trinajstić information content (AvgIpc) is 2.16. The Kier molecular flexibility index (Phi) is 2.88. The minimum atomic E-state index is -0.0820. The minimum absolute atomic E-state index is 0.0820. The van der Waals surface area contributed by atoms with Crippen molar-refractivity contribution in [2.24, 2.45) is 0 Å². The van der Waals surface area contributed by atoms with Crippen molar-refractivity contribution < 1.29 is 9.53 Å². The molecular formula is C10H11ClN2O2. The Bertz CT molecular complexity index is 377. The molecule has 1 aliphatic rings. The van der Waals surface area contributed by atoms with Gasteiger partial charge in [-0.1, -0.05) is 11.6 Å². The summed E-state index contributed by atoms with van der Waals surface area (Å²) in [6, 6.07) is 1.61. The van der Waals surface area contributed by atoms with Crippen LogP contribution in [-0.2, 0) is 4.74 Å². The first-order valence-electron chi connectivity index (χ1n) is 4.64. The predicted molar refractivity (Wildman–Crippen MR) is 55.9 cm³/mol. The van der Waals surface area contributed by atoms with Crippen LogP contribution < -0.4 is 0 Å². The quantitative estimate of drug-likeness (QED) is 0.761. The predicted octanol–water partition coefficient (Wildman–Crippen LogP) is 1.21. The molecule has 0 unspecified atom stereocenters. The van der Waals surface area contributed by atoms with Gasteiger partial charge in [0.2, 0.25) is 0 Å². The van der Waals surface area contributed by atoms with Crippen LogP contribution in [0.25, 0.3) is 0 Å². The van der Waals surface area contributed by atoms with Crippen LogP contribution in [0.1, 0.15) is 10.4 Å². The maximum Gasteiger partial charge on any atom is 0.257 e. The SMILES string of the molecule is COC1CN(C(=O)c2cnccc2Cl)C1. The number of amides is 1. The van der Waals surface area contributed by atoms with Crippen molar-refractivity contribution in [2.45, 2.75) is 6.10 Å². The monoisotopic (exact) mass is 226 g/mol. The highest BCUT2D eigenvalue weighted by Crippen LogP contribution is 2.20. The van der Waals surface area contributed by atoms with Gasteiger partial charge in [-0.25, -0.2) is 0 Å². The number of rotatable bonds is 2. The number of pyridine rings is 1. The molecule has 1 aromatic rings. The number of carbonyl (C=O) groups is 1. The molecule has 1 aliphatic heterocycles. The van der Waals surface area contributed by atoms with Crippen molar-refractivity contribution in [1.82, 2.24) is 9.88 Å². The first kappa shape index (κ1) is 10.4. The Hall–Kier alpha value is -1.13. The summed E-state index contributed by atoms with van der Waals surface area (Å²) in [6.07, 6.45) is 3.21. The van der Waals surface area contributed by atoms with Gasteiger partial charge in [0, 0.05) is 32.6 Å². The van der Waals surface area contributed by atoms with E-state index < -0.39 is 0 Å². The Balaban J connectivity index is 2.07. The fourth-order valence-electron chi connectivity index (χ4n) is 1.46. The van der Waals surface area contributed by atoms with Crippen molar-refractivity contribution in [3.05, 3.63) is 29.0 Å². The fourth-order valence-corrected chi connectivity index (χ4v) is 1.64. The lowest BCUT2D eigenvalue weighted by atomic mass is 10.1. The molecule has 0 saturated carbocycles. The number of nitrogens with zero attached hydrogens (tertiary/aromatic N) is 2. The van der Waals surface area contributed by atoms with Gasteiger partial charge in [-0.15, -0.1) is 0 Å². The molecule has 2 rings (SSSR count). The molecule has 1 amide bonds. The summed E-state index contributed by atoms with van der Waals surface area (Å²) < 4.78 is 5.09. The van der Waals surface area contributed by atoms with Crippen LogP contribution in [0.2, 0.25) is 5.02 Å². The van der Waals surface area contributed by atoms with E-state index in [1.807, 2.05) is 0 Å². The van der Waals surface area contributed by atoms with Gasteiger partial charge in [-0.3, -0.25) is 9.78 Å². The highest BCUT2D eigenvalue weighted by molar-refractivity contribution is 6.33. The van der Waals surface area contributed by atoms with Gasteiger partial charge in [0.15, 0.2) is 0 Å². The maximum absolute atomic E-state index is 11.9. The maximum atomic E-state index is 11.9. The molecule has 0 atom stereocenters. The van der Waals surface area contributed by atoms with Gasteiger partial charge in [0.05, 0.1) is 16.7 Å². The molecule has 1 fully saturated rings. The molecule has 1 aromatic heterocycles. The molecule has 0 aromatic carbocycles. The Morgan fingerprint density at radius 2 is 2.40 bits per heavy atom. The third kappa shape index (κ3) is 1.96. The molecule has 0 spiro atoms. The van der Waals surface area contributed by atoms with Crippen molar-refractivity contribution in [3.63, 3.8) is 0 Å². The van der Waals surface area contributed by atoms with Gasteiger partial charge in [-0.05, 0) is 6.07 Å². The summed E-state index contributed by atoms with van der Waals surface area (Å²) in [7, 11) is 1.64. The molecule has 0 N–H and O–H groups in total. The van der Waals surface area contributed by atoms with Crippen molar-refractivity contribution in [1.29, 1.82) is 0 Å². The first-order valence-corrected chi connectivity index (χ1v) is 5.01. The molecule has 5 heteroatoms.